The molecular weight excluding hydrogens is 452 g/mol. The van der Waals surface area contributed by atoms with E-state index in [1.807, 2.05) is 42.5 Å². The lowest BCUT2D eigenvalue weighted by molar-refractivity contribution is -0.122. The fourth-order valence-corrected chi connectivity index (χ4v) is 5.45. The Morgan fingerprint density at radius 2 is 1.82 bits per heavy atom. The van der Waals surface area contributed by atoms with Crippen LogP contribution >= 0.6 is 24.0 Å². The fourth-order valence-electron chi connectivity index (χ4n) is 4.21. The maximum Gasteiger partial charge on any atom is 0.267 e. The van der Waals surface area contributed by atoms with E-state index in [0.29, 0.717) is 38.7 Å². The molecule has 2 aliphatic rings. The maximum absolute atomic E-state index is 13.5. The second-order valence-corrected chi connectivity index (χ2v) is 10.2. The lowest BCUT2D eigenvalue weighted by Gasteiger charge is -2.32. The highest BCUT2D eigenvalue weighted by molar-refractivity contribution is 8.26. The normalized spacial score (nSPS) is 18.6. The van der Waals surface area contributed by atoms with Gasteiger partial charge in [-0.2, -0.15) is 0 Å². The van der Waals surface area contributed by atoms with E-state index in [4.69, 9.17) is 17.2 Å². The molecule has 2 saturated heterocycles. The molecule has 0 N–H and O–H groups in total. The molecule has 0 unspecified atom stereocenters. The van der Waals surface area contributed by atoms with E-state index < -0.39 is 0 Å². The lowest BCUT2D eigenvalue weighted by Crippen LogP contribution is -2.36. The molecule has 0 radical (unpaired) electrons. The minimum atomic E-state index is -0.178. The van der Waals surface area contributed by atoms with Crippen LogP contribution in [0.25, 0.3) is 11.7 Å². The highest BCUT2D eigenvalue weighted by Crippen LogP contribution is 2.35. The largest absolute Gasteiger partial charge is 0.356 e. The first-order chi connectivity index (χ1) is 16.0. The molecule has 4 heterocycles. The van der Waals surface area contributed by atoms with Gasteiger partial charge in [0.05, 0.1) is 17.0 Å². The van der Waals surface area contributed by atoms with E-state index in [1.165, 1.54) is 16.2 Å². The van der Waals surface area contributed by atoms with Crippen LogP contribution in [-0.2, 0) is 11.3 Å². The number of piperidine rings is 1. The Hall–Kier alpha value is -2.97. The van der Waals surface area contributed by atoms with Crippen molar-refractivity contribution in [3.63, 3.8) is 0 Å². The van der Waals surface area contributed by atoms with Crippen molar-refractivity contribution in [1.82, 2.24) is 14.3 Å². The van der Waals surface area contributed by atoms with Crippen LogP contribution < -0.4 is 10.5 Å². The molecule has 3 aromatic rings. The summed E-state index contributed by atoms with van der Waals surface area (Å²) in [5.41, 5.74) is 1.87. The standard InChI is InChI=1S/C25H24N4O2S2/c1-17-10-13-27(14-11-17)22-19(23(30)28-12-6-5-9-21(28)26-22)15-20-24(31)29(25(32)33-20)16-18-7-3-2-4-8-18/h2-9,12,15,17H,10-11,13-14,16H2,1H3/b20-15+. The average molecular weight is 477 g/mol. The Morgan fingerprint density at radius 3 is 2.58 bits per heavy atom. The Labute approximate surface area is 201 Å². The second kappa shape index (κ2) is 9.11. The number of carbonyl (C=O) groups is 1. The van der Waals surface area contributed by atoms with Crippen LogP contribution in [0.1, 0.15) is 30.9 Å². The van der Waals surface area contributed by atoms with Crippen molar-refractivity contribution < 1.29 is 4.79 Å². The number of rotatable bonds is 4. The van der Waals surface area contributed by atoms with E-state index >= 15 is 0 Å². The number of anilines is 1. The smallest absolute Gasteiger partial charge is 0.267 e. The van der Waals surface area contributed by atoms with Gasteiger partial charge in [0.2, 0.25) is 0 Å². The molecule has 33 heavy (non-hydrogen) atoms. The van der Waals surface area contributed by atoms with E-state index in [2.05, 4.69) is 11.8 Å². The van der Waals surface area contributed by atoms with Gasteiger partial charge >= 0.3 is 0 Å². The highest BCUT2D eigenvalue weighted by atomic mass is 32.2. The zero-order chi connectivity index (χ0) is 22.9. The van der Waals surface area contributed by atoms with Gasteiger partial charge in [0, 0.05) is 19.3 Å². The maximum atomic E-state index is 13.5. The summed E-state index contributed by atoms with van der Waals surface area (Å²) >= 11 is 6.75. The van der Waals surface area contributed by atoms with Gasteiger partial charge < -0.3 is 4.90 Å². The van der Waals surface area contributed by atoms with Gasteiger partial charge in [-0.3, -0.25) is 18.9 Å². The average Bonchev–Trinajstić information content (AvgIpc) is 3.09. The van der Waals surface area contributed by atoms with Crippen molar-refractivity contribution in [2.75, 3.05) is 18.0 Å². The summed E-state index contributed by atoms with van der Waals surface area (Å²) in [5, 5.41) is 0. The predicted octanol–water partition coefficient (Wildman–Crippen LogP) is 4.33. The SMILES string of the molecule is CC1CCN(c2nc3ccccn3c(=O)c2/C=C2/SC(=S)N(Cc3ccccc3)C2=O)CC1. The number of benzene rings is 1. The quantitative estimate of drug-likeness (QED) is 0.413. The molecule has 1 amide bonds. The first-order valence-electron chi connectivity index (χ1n) is 11.1. The van der Waals surface area contributed by atoms with Crippen molar-refractivity contribution in [3.8, 4) is 0 Å². The number of amides is 1. The zero-order valence-corrected chi connectivity index (χ0v) is 19.9. The van der Waals surface area contributed by atoms with Crippen molar-refractivity contribution in [3.05, 3.63) is 81.1 Å². The monoisotopic (exact) mass is 476 g/mol. The topological polar surface area (TPSA) is 57.9 Å². The number of hydrogen-bond acceptors (Lipinski definition) is 6. The fraction of sp³-hybridized carbons (Fsp3) is 0.280. The molecule has 0 atom stereocenters. The van der Waals surface area contributed by atoms with E-state index in [0.717, 1.165) is 31.5 Å². The number of aromatic nitrogens is 2. The summed E-state index contributed by atoms with van der Waals surface area (Å²) in [5.74, 6) is 1.12. The molecule has 5 rings (SSSR count). The van der Waals surface area contributed by atoms with E-state index in [1.54, 1.807) is 23.2 Å². The van der Waals surface area contributed by atoms with Crippen molar-refractivity contribution in [2.45, 2.75) is 26.3 Å². The third kappa shape index (κ3) is 4.32. The summed E-state index contributed by atoms with van der Waals surface area (Å²) in [4.78, 5) is 35.8. The van der Waals surface area contributed by atoms with Gasteiger partial charge in [-0.1, -0.05) is 67.3 Å². The third-order valence-electron chi connectivity index (χ3n) is 6.16. The van der Waals surface area contributed by atoms with Crippen LogP contribution in [0.2, 0.25) is 0 Å². The first kappa shape index (κ1) is 21.9. The summed E-state index contributed by atoms with van der Waals surface area (Å²) in [6.45, 7) is 4.34. The van der Waals surface area contributed by atoms with Crippen molar-refractivity contribution in [1.29, 1.82) is 0 Å². The highest BCUT2D eigenvalue weighted by Gasteiger charge is 2.33. The van der Waals surface area contributed by atoms with Gasteiger partial charge in [-0.25, -0.2) is 4.98 Å². The third-order valence-corrected chi connectivity index (χ3v) is 7.54. The molecular formula is C25H24N4O2S2. The van der Waals surface area contributed by atoms with Crippen molar-refractivity contribution >= 4 is 51.7 Å². The molecule has 168 valence electrons. The molecule has 2 aromatic heterocycles. The number of hydrogen-bond donors (Lipinski definition) is 0. The Morgan fingerprint density at radius 1 is 1.09 bits per heavy atom. The van der Waals surface area contributed by atoms with Gasteiger partial charge in [0.1, 0.15) is 15.8 Å². The zero-order valence-electron chi connectivity index (χ0n) is 18.3. The van der Waals surface area contributed by atoms with Crippen LogP contribution in [-0.4, -0.2) is 37.6 Å². The molecule has 0 bridgehead atoms. The molecule has 2 aliphatic heterocycles. The summed E-state index contributed by atoms with van der Waals surface area (Å²) in [7, 11) is 0. The number of thioether (sulfide) groups is 1. The molecule has 1 aromatic carbocycles. The van der Waals surface area contributed by atoms with Crippen LogP contribution in [0.5, 0.6) is 0 Å². The van der Waals surface area contributed by atoms with Gasteiger partial charge in [-0.15, -0.1) is 0 Å². The number of pyridine rings is 1. The van der Waals surface area contributed by atoms with Crippen LogP contribution in [0.15, 0.2) is 64.4 Å². The van der Waals surface area contributed by atoms with Crippen molar-refractivity contribution in [2.24, 2.45) is 5.92 Å². The molecule has 2 fully saturated rings. The molecule has 8 heteroatoms. The molecule has 0 aliphatic carbocycles. The van der Waals surface area contributed by atoms with E-state index in [-0.39, 0.29) is 11.5 Å². The van der Waals surface area contributed by atoms with Crippen LogP contribution in [0.3, 0.4) is 0 Å². The van der Waals surface area contributed by atoms with E-state index in [9.17, 15) is 9.59 Å². The van der Waals surface area contributed by atoms with Gasteiger partial charge in [0.15, 0.2) is 0 Å². The lowest BCUT2D eigenvalue weighted by atomic mass is 9.99. The van der Waals surface area contributed by atoms with Crippen LogP contribution in [0.4, 0.5) is 5.82 Å². The molecule has 0 saturated carbocycles. The number of carbonyl (C=O) groups excluding carboxylic acids is 1. The Bertz CT molecular complexity index is 1310. The number of nitrogens with zero attached hydrogens (tertiary/aromatic N) is 4. The second-order valence-electron chi connectivity index (χ2n) is 8.51. The predicted molar refractivity (Wildman–Crippen MR) is 137 cm³/mol. The molecule has 6 nitrogen and oxygen atoms in total. The molecule has 0 spiro atoms. The number of thiocarbonyl (C=S) groups is 1. The summed E-state index contributed by atoms with van der Waals surface area (Å²) < 4.78 is 2.03. The summed E-state index contributed by atoms with van der Waals surface area (Å²) in [6.07, 6.45) is 5.50. The van der Waals surface area contributed by atoms with Gasteiger partial charge in [0.25, 0.3) is 11.5 Å². The van der Waals surface area contributed by atoms with Gasteiger partial charge in [-0.05, 0) is 42.5 Å². The minimum absolute atomic E-state index is 0.176. The first-order valence-corrected chi connectivity index (χ1v) is 12.3. The Kier molecular flexibility index (Phi) is 6.03. The van der Waals surface area contributed by atoms with Crippen LogP contribution in [0, 0.1) is 5.92 Å². The number of fused-ring (bicyclic) bond motifs is 1. The minimum Gasteiger partial charge on any atom is -0.356 e. The Balaban J connectivity index is 1.55. The summed E-state index contributed by atoms with van der Waals surface area (Å²) in [6, 6.07) is 15.3.